The van der Waals surface area contributed by atoms with E-state index in [0.29, 0.717) is 18.9 Å². The Morgan fingerprint density at radius 1 is 1.46 bits per heavy atom. The van der Waals surface area contributed by atoms with Crippen LogP contribution >= 0.6 is 0 Å². The van der Waals surface area contributed by atoms with Crippen LogP contribution in [-0.4, -0.2) is 38.6 Å². The van der Waals surface area contributed by atoms with E-state index in [2.05, 4.69) is 4.98 Å². The number of aromatic nitrogens is 2. The number of nitrogens with zero attached hydrogens (tertiary/aromatic N) is 3. The molecule has 0 saturated carbocycles. The number of aliphatic hydroxyl groups is 1. The average Bonchev–Trinajstić information content (AvgIpc) is 3.02. The molecule has 2 heterocycles. The Bertz CT molecular complexity index is 744. The van der Waals surface area contributed by atoms with Gasteiger partial charge in [0.25, 0.3) is 5.91 Å². The van der Waals surface area contributed by atoms with Crippen molar-refractivity contribution in [3.63, 3.8) is 0 Å². The van der Waals surface area contributed by atoms with Crippen LogP contribution in [0.3, 0.4) is 0 Å². The highest BCUT2D eigenvalue weighted by Gasteiger charge is 2.32. The lowest BCUT2D eigenvalue weighted by Crippen LogP contribution is -2.42. The van der Waals surface area contributed by atoms with Gasteiger partial charge >= 0.3 is 0 Å². The van der Waals surface area contributed by atoms with Crippen molar-refractivity contribution in [2.24, 2.45) is 13.0 Å². The van der Waals surface area contributed by atoms with Crippen molar-refractivity contribution in [2.75, 3.05) is 13.1 Å². The number of halogens is 1. The maximum atomic E-state index is 14.0. The van der Waals surface area contributed by atoms with Crippen molar-refractivity contribution in [3.8, 4) is 0 Å². The number of aryl methyl sites for hydroxylation is 2. The first-order chi connectivity index (χ1) is 11.5. The van der Waals surface area contributed by atoms with Gasteiger partial charge in [-0.3, -0.25) is 4.79 Å². The molecule has 2 aromatic rings. The summed E-state index contributed by atoms with van der Waals surface area (Å²) in [6, 6.07) is 4.55. The van der Waals surface area contributed by atoms with Crippen molar-refractivity contribution < 1.29 is 14.3 Å². The van der Waals surface area contributed by atoms with Crippen LogP contribution in [0.1, 0.15) is 40.7 Å². The molecule has 0 bridgehead atoms. The lowest BCUT2D eigenvalue weighted by molar-refractivity contribution is 0.0356. The van der Waals surface area contributed by atoms with Gasteiger partial charge in [-0.15, -0.1) is 0 Å². The standard InChI is InChI=1S/C18H22FN3O2/c1-12-5-6-15(19)14(10-12)18(24)22-8-3-4-13(11-22)16(23)17-20-7-9-21(17)2/h5-7,9-10,13,16,23H,3-4,8,11H2,1-2H3. The number of benzene rings is 1. The van der Waals surface area contributed by atoms with Crippen LogP contribution in [-0.2, 0) is 7.05 Å². The van der Waals surface area contributed by atoms with Gasteiger partial charge in [0.2, 0.25) is 0 Å². The second-order valence-corrected chi connectivity index (χ2v) is 6.48. The molecule has 0 radical (unpaired) electrons. The molecule has 1 aliphatic rings. The van der Waals surface area contributed by atoms with E-state index in [4.69, 9.17) is 0 Å². The summed E-state index contributed by atoms with van der Waals surface area (Å²) in [6.45, 7) is 2.82. The number of imidazole rings is 1. The van der Waals surface area contributed by atoms with Crippen LogP contribution in [0.25, 0.3) is 0 Å². The number of aliphatic hydroxyl groups excluding tert-OH is 1. The molecular weight excluding hydrogens is 309 g/mol. The second-order valence-electron chi connectivity index (χ2n) is 6.48. The summed E-state index contributed by atoms with van der Waals surface area (Å²) in [4.78, 5) is 18.5. The molecule has 1 amide bonds. The third kappa shape index (κ3) is 3.19. The number of amides is 1. The van der Waals surface area contributed by atoms with Gasteiger partial charge in [-0.25, -0.2) is 9.37 Å². The quantitative estimate of drug-likeness (QED) is 0.940. The number of hydrogen-bond acceptors (Lipinski definition) is 3. The number of carbonyl (C=O) groups excluding carboxylic acids is 1. The van der Waals surface area contributed by atoms with Crippen molar-refractivity contribution in [3.05, 3.63) is 53.4 Å². The van der Waals surface area contributed by atoms with Gasteiger partial charge in [0.05, 0.1) is 5.56 Å². The molecule has 2 atom stereocenters. The predicted octanol–water partition coefficient (Wildman–Crippen LogP) is 2.45. The fourth-order valence-corrected chi connectivity index (χ4v) is 3.30. The van der Waals surface area contributed by atoms with Gasteiger partial charge in [-0.2, -0.15) is 0 Å². The lowest BCUT2D eigenvalue weighted by Gasteiger charge is -2.35. The van der Waals surface area contributed by atoms with E-state index in [9.17, 15) is 14.3 Å². The van der Waals surface area contributed by atoms with Crippen molar-refractivity contribution >= 4 is 5.91 Å². The molecule has 6 heteroatoms. The van der Waals surface area contributed by atoms with Crippen LogP contribution in [0.2, 0.25) is 0 Å². The first-order valence-corrected chi connectivity index (χ1v) is 8.18. The first kappa shape index (κ1) is 16.6. The normalized spacial score (nSPS) is 19.3. The van der Waals surface area contributed by atoms with Crippen LogP contribution in [0.5, 0.6) is 0 Å². The van der Waals surface area contributed by atoms with Crippen LogP contribution in [0.4, 0.5) is 4.39 Å². The molecule has 1 aliphatic heterocycles. The molecule has 128 valence electrons. The summed E-state index contributed by atoms with van der Waals surface area (Å²) in [5.41, 5.74) is 0.948. The summed E-state index contributed by atoms with van der Waals surface area (Å²) in [7, 11) is 1.83. The van der Waals surface area contributed by atoms with Gasteiger partial charge in [-0.05, 0) is 31.9 Å². The predicted molar refractivity (Wildman–Crippen MR) is 87.9 cm³/mol. The fraction of sp³-hybridized carbons (Fsp3) is 0.444. The zero-order valence-corrected chi connectivity index (χ0v) is 13.9. The molecule has 0 spiro atoms. The third-order valence-electron chi connectivity index (χ3n) is 4.67. The molecule has 1 aromatic heterocycles. The Balaban J connectivity index is 1.77. The van der Waals surface area contributed by atoms with Gasteiger partial charge in [0.1, 0.15) is 17.7 Å². The van der Waals surface area contributed by atoms with E-state index in [-0.39, 0.29) is 17.4 Å². The minimum absolute atomic E-state index is 0.0992. The lowest BCUT2D eigenvalue weighted by atomic mass is 9.91. The number of rotatable bonds is 3. The van der Waals surface area contributed by atoms with E-state index in [1.165, 1.54) is 6.07 Å². The maximum Gasteiger partial charge on any atom is 0.256 e. The number of likely N-dealkylation sites (tertiary alicyclic amines) is 1. The summed E-state index contributed by atoms with van der Waals surface area (Å²) in [5, 5.41) is 10.6. The van der Waals surface area contributed by atoms with Gasteiger partial charge in [0.15, 0.2) is 0 Å². The van der Waals surface area contributed by atoms with Crippen LogP contribution in [0.15, 0.2) is 30.6 Å². The zero-order valence-electron chi connectivity index (χ0n) is 13.9. The van der Waals surface area contributed by atoms with Gasteiger partial charge in [-0.1, -0.05) is 11.6 Å². The Kier molecular flexibility index (Phi) is 4.66. The molecule has 5 nitrogen and oxygen atoms in total. The molecule has 0 aliphatic carbocycles. The second kappa shape index (κ2) is 6.73. The van der Waals surface area contributed by atoms with E-state index in [1.54, 1.807) is 34.0 Å². The molecule has 1 saturated heterocycles. The van der Waals surface area contributed by atoms with E-state index in [1.807, 2.05) is 14.0 Å². The SMILES string of the molecule is Cc1ccc(F)c(C(=O)N2CCCC(C(O)c3nccn3C)C2)c1. The molecule has 1 N–H and O–H groups in total. The summed E-state index contributed by atoms with van der Waals surface area (Å²) >= 11 is 0. The van der Waals surface area contributed by atoms with Gasteiger partial charge in [0, 0.05) is 38.4 Å². The van der Waals surface area contributed by atoms with Crippen LogP contribution < -0.4 is 0 Å². The molecular formula is C18H22FN3O2. The number of piperidine rings is 1. The maximum absolute atomic E-state index is 14.0. The monoisotopic (exact) mass is 331 g/mol. The summed E-state index contributed by atoms with van der Waals surface area (Å²) in [6.07, 6.45) is 4.29. The Hall–Kier alpha value is -2.21. The molecule has 1 aromatic carbocycles. The topological polar surface area (TPSA) is 58.4 Å². The summed E-state index contributed by atoms with van der Waals surface area (Å²) < 4.78 is 15.8. The Labute approximate surface area is 140 Å². The summed E-state index contributed by atoms with van der Waals surface area (Å²) in [5.74, 6) is -0.321. The van der Waals surface area contributed by atoms with E-state index in [0.717, 1.165) is 18.4 Å². The van der Waals surface area contributed by atoms with Gasteiger partial charge < -0.3 is 14.6 Å². The highest BCUT2D eigenvalue weighted by atomic mass is 19.1. The fourth-order valence-electron chi connectivity index (χ4n) is 3.30. The molecule has 24 heavy (non-hydrogen) atoms. The van der Waals surface area contributed by atoms with Crippen molar-refractivity contribution in [1.29, 1.82) is 0 Å². The third-order valence-corrected chi connectivity index (χ3v) is 4.67. The zero-order chi connectivity index (χ0) is 17.3. The average molecular weight is 331 g/mol. The highest BCUT2D eigenvalue weighted by molar-refractivity contribution is 5.94. The number of hydrogen-bond donors (Lipinski definition) is 1. The van der Waals surface area contributed by atoms with Crippen molar-refractivity contribution in [1.82, 2.24) is 14.5 Å². The highest BCUT2D eigenvalue weighted by Crippen LogP contribution is 2.29. The minimum Gasteiger partial charge on any atom is -0.385 e. The van der Waals surface area contributed by atoms with E-state index >= 15 is 0 Å². The molecule has 2 unspecified atom stereocenters. The smallest absolute Gasteiger partial charge is 0.256 e. The number of carbonyl (C=O) groups is 1. The van der Waals surface area contributed by atoms with E-state index < -0.39 is 11.9 Å². The Morgan fingerprint density at radius 3 is 2.96 bits per heavy atom. The molecule has 3 rings (SSSR count). The first-order valence-electron chi connectivity index (χ1n) is 8.18. The minimum atomic E-state index is -0.733. The Morgan fingerprint density at radius 2 is 2.25 bits per heavy atom. The molecule has 1 fully saturated rings. The van der Waals surface area contributed by atoms with Crippen molar-refractivity contribution in [2.45, 2.75) is 25.9 Å². The largest absolute Gasteiger partial charge is 0.385 e. The van der Waals surface area contributed by atoms with Crippen LogP contribution in [0, 0.1) is 18.7 Å².